The first kappa shape index (κ1) is 17.3. The summed E-state index contributed by atoms with van der Waals surface area (Å²) < 4.78 is 28.8. The van der Waals surface area contributed by atoms with Crippen molar-refractivity contribution in [1.29, 1.82) is 0 Å². The largest absolute Gasteiger partial charge is 0.497 e. The fraction of sp³-hybridized carbons (Fsp3) is 0.600. The number of benzene rings is 1. The van der Waals surface area contributed by atoms with E-state index in [-0.39, 0.29) is 16.9 Å². The predicted octanol–water partition coefficient (Wildman–Crippen LogP) is 3.31. The fourth-order valence-corrected chi connectivity index (χ4v) is 3.29. The molecule has 20 heavy (non-hydrogen) atoms. The minimum absolute atomic E-state index is 0.179. The number of ether oxygens (including phenoxy) is 1. The molecule has 0 fully saturated rings. The van der Waals surface area contributed by atoms with Crippen LogP contribution in [0.2, 0.25) is 0 Å². The molecule has 0 aliphatic rings. The molecule has 0 radical (unpaired) electrons. The van der Waals surface area contributed by atoms with Crippen molar-refractivity contribution in [1.82, 2.24) is 0 Å². The van der Waals surface area contributed by atoms with E-state index in [9.17, 15) is 8.42 Å². The Hall–Kier alpha value is -0.740. The van der Waals surface area contributed by atoms with E-state index in [4.69, 9.17) is 16.3 Å². The molecule has 1 unspecified atom stereocenters. The standard InChI is InChI=1S/C15H23ClO3S/c1-12(2)20(17,18)9-8-14(11-16)10-13-4-6-15(19-3)7-5-13/h4-7,12,14H,8-11H2,1-3H3. The van der Waals surface area contributed by atoms with Gasteiger partial charge in [-0.25, -0.2) is 8.42 Å². The SMILES string of the molecule is COc1ccc(CC(CCl)CCS(=O)(=O)C(C)C)cc1. The van der Waals surface area contributed by atoms with E-state index < -0.39 is 9.84 Å². The van der Waals surface area contributed by atoms with Crippen LogP contribution in [0.1, 0.15) is 25.8 Å². The number of hydrogen-bond acceptors (Lipinski definition) is 3. The molecule has 5 heteroatoms. The first-order valence-corrected chi connectivity index (χ1v) is 9.04. The van der Waals surface area contributed by atoms with Gasteiger partial charge in [0.15, 0.2) is 9.84 Å². The number of methoxy groups -OCH3 is 1. The molecular weight excluding hydrogens is 296 g/mol. The zero-order valence-electron chi connectivity index (χ0n) is 12.3. The van der Waals surface area contributed by atoms with E-state index in [1.54, 1.807) is 21.0 Å². The van der Waals surface area contributed by atoms with Crippen LogP contribution in [0.25, 0.3) is 0 Å². The van der Waals surface area contributed by atoms with Gasteiger partial charge in [0, 0.05) is 5.88 Å². The molecule has 0 aliphatic carbocycles. The summed E-state index contributed by atoms with van der Waals surface area (Å²) in [7, 11) is -1.35. The summed E-state index contributed by atoms with van der Waals surface area (Å²) in [5.41, 5.74) is 1.15. The average molecular weight is 319 g/mol. The highest BCUT2D eigenvalue weighted by Crippen LogP contribution is 2.19. The normalized spacial score (nSPS) is 13.4. The highest BCUT2D eigenvalue weighted by Gasteiger charge is 2.19. The number of hydrogen-bond donors (Lipinski definition) is 0. The van der Waals surface area contributed by atoms with Crippen LogP contribution in [0, 0.1) is 5.92 Å². The molecule has 0 spiro atoms. The third-order valence-electron chi connectivity index (χ3n) is 3.43. The lowest BCUT2D eigenvalue weighted by Gasteiger charge is -2.15. The Labute approximate surface area is 127 Å². The van der Waals surface area contributed by atoms with Crippen LogP contribution in [-0.4, -0.2) is 32.4 Å². The van der Waals surface area contributed by atoms with Gasteiger partial charge in [0.05, 0.1) is 18.1 Å². The van der Waals surface area contributed by atoms with Gasteiger partial charge >= 0.3 is 0 Å². The maximum absolute atomic E-state index is 11.8. The summed E-state index contributed by atoms with van der Waals surface area (Å²) in [5, 5.41) is -0.320. The van der Waals surface area contributed by atoms with E-state index >= 15 is 0 Å². The third-order valence-corrected chi connectivity index (χ3v) is 6.11. The third kappa shape index (κ3) is 5.33. The highest BCUT2D eigenvalue weighted by molar-refractivity contribution is 7.91. The Balaban J connectivity index is 2.58. The molecule has 3 nitrogen and oxygen atoms in total. The van der Waals surface area contributed by atoms with E-state index in [1.807, 2.05) is 24.3 Å². The van der Waals surface area contributed by atoms with Gasteiger partial charge < -0.3 is 4.74 Å². The lowest BCUT2D eigenvalue weighted by molar-refractivity contribution is 0.414. The van der Waals surface area contributed by atoms with Gasteiger partial charge in [0.2, 0.25) is 0 Å². The molecule has 0 N–H and O–H groups in total. The van der Waals surface area contributed by atoms with Gasteiger partial charge in [0.1, 0.15) is 5.75 Å². The molecule has 0 heterocycles. The lowest BCUT2D eigenvalue weighted by atomic mass is 9.99. The minimum Gasteiger partial charge on any atom is -0.497 e. The van der Waals surface area contributed by atoms with Crippen molar-refractivity contribution in [2.45, 2.75) is 31.9 Å². The second kappa shape index (κ2) is 7.89. The van der Waals surface area contributed by atoms with Crippen LogP contribution in [0.3, 0.4) is 0 Å². The van der Waals surface area contributed by atoms with E-state index in [0.717, 1.165) is 17.7 Å². The van der Waals surface area contributed by atoms with Crippen molar-refractivity contribution < 1.29 is 13.2 Å². The molecule has 0 amide bonds. The van der Waals surface area contributed by atoms with Crippen LogP contribution in [0.15, 0.2) is 24.3 Å². The quantitative estimate of drug-likeness (QED) is 0.691. The van der Waals surface area contributed by atoms with Gasteiger partial charge in [-0.3, -0.25) is 0 Å². The first-order chi connectivity index (χ1) is 9.39. The van der Waals surface area contributed by atoms with E-state index in [0.29, 0.717) is 12.3 Å². The van der Waals surface area contributed by atoms with Gasteiger partial charge in [-0.05, 0) is 50.3 Å². The summed E-state index contributed by atoms with van der Waals surface area (Å²) in [5.74, 6) is 1.68. The van der Waals surface area contributed by atoms with Gasteiger partial charge in [0.25, 0.3) is 0 Å². The monoisotopic (exact) mass is 318 g/mol. The molecular formula is C15H23ClO3S. The Morgan fingerprint density at radius 3 is 2.25 bits per heavy atom. The Morgan fingerprint density at radius 2 is 1.80 bits per heavy atom. The Kier molecular flexibility index (Phi) is 6.83. The molecule has 0 aromatic heterocycles. The minimum atomic E-state index is -2.98. The summed E-state index contributed by atoms with van der Waals surface area (Å²) in [6.45, 7) is 3.43. The second-order valence-electron chi connectivity index (χ2n) is 5.28. The van der Waals surface area contributed by atoms with E-state index in [2.05, 4.69) is 0 Å². The molecule has 0 bridgehead atoms. The maximum atomic E-state index is 11.8. The second-order valence-corrected chi connectivity index (χ2v) is 8.26. The molecule has 0 saturated carbocycles. The Morgan fingerprint density at radius 1 is 1.20 bits per heavy atom. The van der Waals surface area contributed by atoms with Gasteiger partial charge in [-0.2, -0.15) is 0 Å². The predicted molar refractivity (Wildman–Crippen MR) is 84.4 cm³/mol. The van der Waals surface area contributed by atoms with Crippen molar-refractivity contribution >= 4 is 21.4 Å². The Bertz CT molecular complexity index is 494. The zero-order valence-corrected chi connectivity index (χ0v) is 13.9. The molecule has 1 aromatic rings. The molecule has 0 aliphatic heterocycles. The smallest absolute Gasteiger partial charge is 0.152 e. The number of halogens is 1. The maximum Gasteiger partial charge on any atom is 0.152 e. The average Bonchev–Trinajstić information content (AvgIpc) is 2.44. The number of rotatable bonds is 8. The van der Waals surface area contributed by atoms with Crippen LogP contribution in [-0.2, 0) is 16.3 Å². The van der Waals surface area contributed by atoms with Crippen LogP contribution < -0.4 is 4.74 Å². The lowest BCUT2D eigenvalue weighted by Crippen LogP contribution is -2.21. The van der Waals surface area contributed by atoms with Crippen LogP contribution in [0.5, 0.6) is 5.75 Å². The molecule has 1 rings (SSSR count). The summed E-state index contributed by atoms with van der Waals surface area (Å²) in [6, 6.07) is 7.81. The van der Waals surface area contributed by atoms with Gasteiger partial charge in [-0.1, -0.05) is 12.1 Å². The first-order valence-electron chi connectivity index (χ1n) is 6.79. The summed E-state index contributed by atoms with van der Waals surface area (Å²) >= 11 is 5.96. The van der Waals surface area contributed by atoms with Gasteiger partial charge in [-0.15, -0.1) is 11.6 Å². The summed E-state index contributed by atoms with van der Waals surface area (Å²) in [6.07, 6.45) is 1.40. The summed E-state index contributed by atoms with van der Waals surface area (Å²) in [4.78, 5) is 0. The van der Waals surface area contributed by atoms with Crippen molar-refractivity contribution in [3.05, 3.63) is 29.8 Å². The fourth-order valence-electron chi connectivity index (χ4n) is 1.90. The number of sulfone groups is 1. The molecule has 114 valence electrons. The topological polar surface area (TPSA) is 43.4 Å². The molecule has 1 aromatic carbocycles. The molecule has 1 atom stereocenters. The number of alkyl halides is 1. The van der Waals surface area contributed by atoms with Crippen molar-refractivity contribution in [3.8, 4) is 5.75 Å². The highest BCUT2D eigenvalue weighted by atomic mass is 35.5. The zero-order chi connectivity index (χ0) is 15.2. The van der Waals surface area contributed by atoms with Crippen molar-refractivity contribution in [2.24, 2.45) is 5.92 Å². The van der Waals surface area contributed by atoms with Crippen molar-refractivity contribution in [3.63, 3.8) is 0 Å². The van der Waals surface area contributed by atoms with Crippen LogP contribution in [0.4, 0.5) is 0 Å². The molecule has 0 saturated heterocycles. The van der Waals surface area contributed by atoms with E-state index in [1.165, 1.54) is 0 Å². The van der Waals surface area contributed by atoms with Crippen molar-refractivity contribution in [2.75, 3.05) is 18.7 Å². The van der Waals surface area contributed by atoms with Crippen LogP contribution >= 0.6 is 11.6 Å².